The van der Waals surface area contributed by atoms with Crippen LogP contribution >= 0.6 is 0 Å². The number of carbonyl (C=O) groups excluding carboxylic acids is 1. The molecule has 1 amide bonds. The predicted octanol–water partition coefficient (Wildman–Crippen LogP) is 1.58. The van der Waals surface area contributed by atoms with Gasteiger partial charge < -0.3 is 5.32 Å². The van der Waals surface area contributed by atoms with Crippen molar-refractivity contribution in [2.75, 3.05) is 6.54 Å². The molecular weight excluding hydrogens is 208 g/mol. The van der Waals surface area contributed by atoms with Gasteiger partial charge in [-0.15, -0.1) is 0 Å². The minimum Gasteiger partial charge on any atom is -0.356 e. The van der Waals surface area contributed by atoms with Gasteiger partial charge in [-0.05, 0) is 18.9 Å². The molecule has 0 bridgehead atoms. The number of rotatable bonds is 4. The normalized spacial score (nSPS) is 9.88. The van der Waals surface area contributed by atoms with Crippen molar-refractivity contribution >= 4 is 11.6 Å². The van der Waals surface area contributed by atoms with Crippen LogP contribution in [0.15, 0.2) is 18.2 Å². The molecule has 1 aromatic carbocycles. The fourth-order valence-corrected chi connectivity index (χ4v) is 1.39. The van der Waals surface area contributed by atoms with Crippen LogP contribution in [0.3, 0.4) is 0 Å². The molecule has 0 fully saturated rings. The number of aryl methyl sites for hydroxylation is 1. The third-order valence-corrected chi connectivity index (χ3v) is 2.26. The van der Waals surface area contributed by atoms with Gasteiger partial charge in [-0.25, -0.2) is 0 Å². The van der Waals surface area contributed by atoms with Crippen LogP contribution in [0.1, 0.15) is 18.1 Å². The van der Waals surface area contributed by atoms with Crippen molar-refractivity contribution in [3.05, 3.63) is 39.4 Å². The van der Waals surface area contributed by atoms with Gasteiger partial charge in [-0.2, -0.15) is 0 Å². The van der Waals surface area contributed by atoms with E-state index in [0.717, 1.165) is 5.56 Å². The summed E-state index contributed by atoms with van der Waals surface area (Å²) in [5, 5.41) is 13.3. The molecule has 16 heavy (non-hydrogen) atoms. The summed E-state index contributed by atoms with van der Waals surface area (Å²) in [5.41, 5.74) is 1.62. The van der Waals surface area contributed by atoms with Crippen LogP contribution in [-0.2, 0) is 11.2 Å². The van der Waals surface area contributed by atoms with Gasteiger partial charge in [-0.1, -0.05) is 12.1 Å². The number of benzene rings is 1. The Hall–Kier alpha value is -1.91. The first-order valence-electron chi connectivity index (χ1n) is 4.99. The largest absolute Gasteiger partial charge is 0.356 e. The SMILES string of the molecule is CC(=O)NCCc1ccc(C)c([N+](=O)[O-])c1. The Balaban J connectivity index is 2.71. The molecule has 1 N–H and O–H groups in total. The topological polar surface area (TPSA) is 72.2 Å². The number of hydrogen-bond acceptors (Lipinski definition) is 3. The van der Waals surface area contributed by atoms with Gasteiger partial charge in [0, 0.05) is 25.1 Å². The van der Waals surface area contributed by atoms with E-state index in [1.807, 2.05) is 6.07 Å². The Kier molecular flexibility index (Phi) is 3.99. The number of nitrogens with zero attached hydrogens (tertiary/aromatic N) is 1. The van der Waals surface area contributed by atoms with Crippen LogP contribution in [0.5, 0.6) is 0 Å². The lowest BCUT2D eigenvalue weighted by molar-refractivity contribution is -0.385. The molecule has 0 aliphatic carbocycles. The van der Waals surface area contributed by atoms with Gasteiger partial charge in [0.15, 0.2) is 0 Å². The van der Waals surface area contributed by atoms with Crippen molar-refractivity contribution < 1.29 is 9.72 Å². The van der Waals surface area contributed by atoms with Gasteiger partial charge in [0.1, 0.15) is 0 Å². The molecule has 0 aliphatic rings. The van der Waals surface area contributed by atoms with Crippen LogP contribution in [0.4, 0.5) is 5.69 Å². The third-order valence-electron chi connectivity index (χ3n) is 2.26. The summed E-state index contributed by atoms with van der Waals surface area (Å²) in [6.45, 7) is 3.64. The molecule has 0 radical (unpaired) electrons. The van der Waals surface area contributed by atoms with Gasteiger partial charge in [0.05, 0.1) is 4.92 Å². The molecule has 1 aromatic rings. The number of hydrogen-bond donors (Lipinski definition) is 1. The van der Waals surface area contributed by atoms with Crippen molar-refractivity contribution in [2.24, 2.45) is 0 Å². The first kappa shape index (κ1) is 12.2. The molecule has 0 aliphatic heterocycles. The van der Waals surface area contributed by atoms with Crippen LogP contribution in [0, 0.1) is 17.0 Å². The number of nitro benzene ring substituents is 1. The highest BCUT2D eigenvalue weighted by atomic mass is 16.6. The van der Waals surface area contributed by atoms with Gasteiger partial charge in [0.2, 0.25) is 5.91 Å². The summed E-state index contributed by atoms with van der Waals surface area (Å²) < 4.78 is 0. The van der Waals surface area contributed by atoms with Crippen molar-refractivity contribution in [3.8, 4) is 0 Å². The first-order chi connectivity index (χ1) is 7.50. The lowest BCUT2D eigenvalue weighted by Gasteiger charge is -2.03. The molecule has 0 saturated heterocycles. The maximum absolute atomic E-state index is 10.7. The smallest absolute Gasteiger partial charge is 0.272 e. The van der Waals surface area contributed by atoms with Gasteiger partial charge >= 0.3 is 0 Å². The van der Waals surface area contributed by atoms with E-state index >= 15 is 0 Å². The summed E-state index contributed by atoms with van der Waals surface area (Å²) in [7, 11) is 0. The highest BCUT2D eigenvalue weighted by molar-refractivity contribution is 5.72. The average Bonchev–Trinajstić information content (AvgIpc) is 2.19. The number of nitro groups is 1. The van der Waals surface area contributed by atoms with Crippen LogP contribution < -0.4 is 5.32 Å². The number of nitrogens with one attached hydrogen (secondary N) is 1. The highest BCUT2D eigenvalue weighted by Crippen LogP contribution is 2.19. The number of amides is 1. The Bertz CT molecular complexity index is 416. The summed E-state index contributed by atoms with van der Waals surface area (Å²) >= 11 is 0. The van der Waals surface area contributed by atoms with Gasteiger partial charge in [0.25, 0.3) is 5.69 Å². The maximum Gasteiger partial charge on any atom is 0.272 e. The second-order valence-corrected chi connectivity index (χ2v) is 3.61. The van der Waals surface area contributed by atoms with E-state index in [-0.39, 0.29) is 11.6 Å². The lowest BCUT2D eigenvalue weighted by Crippen LogP contribution is -2.22. The highest BCUT2D eigenvalue weighted by Gasteiger charge is 2.10. The van der Waals surface area contributed by atoms with Crippen molar-refractivity contribution in [3.63, 3.8) is 0 Å². The molecule has 0 atom stereocenters. The van der Waals surface area contributed by atoms with E-state index in [2.05, 4.69) is 5.32 Å². The number of carbonyl (C=O) groups is 1. The van der Waals surface area contributed by atoms with Crippen molar-refractivity contribution in [1.82, 2.24) is 5.32 Å². The molecule has 0 saturated carbocycles. The van der Waals surface area contributed by atoms with E-state index in [9.17, 15) is 14.9 Å². The lowest BCUT2D eigenvalue weighted by atomic mass is 10.1. The minimum absolute atomic E-state index is 0.0957. The maximum atomic E-state index is 10.7. The molecule has 86 valence electrons. The van der Waals surface area contributed by atoms with E-state index in [1.54, 1.807) is 19.1 Å². The molecular formula is C11H14N2O3. The molecule has 0 spiro atoms. The van der Waals surface area contributed by atoms with E-state index in [1.165, 1.54) is 6.92 Å². The standard InChI is InChI=1S/C11H14N2O3/c1-8-3-4-10(5-6-12-9(2)14)7-11(8)13(15)16/h3-4,7H,5-6H2,1-2H3,(H,12,14). The molecule has 1 rings (SSSR count). The van der Waals surface area contributed by atoms with E-state index in [4.69, 9.17) is 0 Å². The Morgan fingerprint density at radius 2 is 2.19 bits per heavy atom. The zero-order chi connectivity index (χ0) is 12.1. The van der Waals surface area contributed by atoms with E-state index < -0.39 is 4.92 Å². The molecule has 0 aromatic heterocycles. The quantitative estimate of drug-likeness (QED) is 0.621. The molecule has 5 heteroatoms. The second kappa shape index (κ2) is 5.25. The summed E-state index contributed by atoms with van der Waals surface area (Å²) in [5.74, 6) is -0.0957. The monoisotopic (exact) mass is 222 g/mol. The average molecular weight is 222 g/mol. The van der Waals surface area contributed by atoms with Crippen molar-refractivity contribution in [1.29, 1.82) is 0 Å². The zero-order valence-corrected chi connectivity index (χ0v) is 9.32. The zero-order valence-electron chi connectivity index (χ0n) is 9.32. The first-order valence-corrected chi connectivity index (χ1v) is 4.99. The minimum atomic E-state index is -0.392. The Labute approximate surface area is 93.6 Å². The summed E-state index contributed by atoms with van der Waals surface area (Å²) in [4.78, 5) is 20.9. The predicted molar refractivity (Wildman–Crippen MR) is 60.2 cm³/mol. The van der Waals surface area contributed by atoms with Gasteiger partial charge in [-0.3, -0.25) is 14.9 Å². The molecule has 0 heterocycles. The Morgan fingerprint density at radius 1 is 1.50 bits per heavy atom. The fourth-order valence-electron chi connectivity index (χ4n) is 1.39. The second-order valence-electron chi connectivity index (χ2n) is 3.61. The summed E-state index contributed by atoms with van der Waals surface area (Å²) in [6, 6.07) is 5.11. The molecule has 0 unspecified atom stereocenters. The van der Waals surface area contributed by atoms with Crippen LogP contribution in [-0.4, -0.2) is 17.4 Å². The van der Waals surface area contributed by atoms with Crippen LogP contribution in [0.2, 0.25) is 0 Å². The summed E-state index contributed by atoms with van der Waals surface area (Å²) in [6.07, 6.45) is 0.598. The van der Waals surface area contributed by atoms with Crippen LogP contribution in [0.25, 0.3) is 0 Å². The fraction of sp³-hybridized carbons (Fsp3) is 0.364. The third kappa shape index (κ3) is 3.34. The van der Waals surface area contributed by atoms with Crippen molar-refractivity contribution in [2.45, 2.75) is 20.3 Å². The Morgan fingerprint density at radius 3 is 2.75 bits per heavy atom. The van der Waals surface area contributed by atoms with E-state index in [0.29, 0.717) is 18.5 Å². The molecule has 5 nitrogen and oxygen atoms in total.